The zero-order valence-electron chi connectivity index (χ0n) is 6.91. The van der Waals surface area contributed by atoms with E-state index in [1.54, 1.807) is 0 Å². The van der Waals surface area contributed by atoms with E-state index in [4.69, 9.17) is 9.47 Å². The first-order valence-electron chi connectivity index (χ1n) is 4.14. The Morgan fingerprint density at radius 2 is 2.08 bits per heavy atom. The Bertz CT molecular complexity index is 463. The number of hydrogen-bond acceptors (Lipinski definition) is 2. The highest BCUT2D eigenvalue weighted by Crippen LogP contribution is 2.38. The van der Waals surface area contributed by atoms with Crippen LogP contribution in [-0.2, 0) is 0 Å². The Hall–Kier alpha value is -1.70. The third-order valence-corrected chi connectivity index (χ3v) is 2.18. The number of ether oxygens (including phenoxy) is 2. The van der Waals surface area contributed by atoms with E-state index in [1.807, 2.05) is 30.3 Å². The van der Waals surface area contributed by atoms with Gasteiger partial charge in [0.15, 0.2) is 11.5 Å². The van der Waals surface area contributed by atoms with Gasteiger partial charge >= 0.3 is 0 Å². The number of benzene rings is 2. The molecule has 1 heterocycles. The van der Waals surface area contributed by atoms with Gasteiger partial charge in [-0.1, -0.05) is 24.3 Å². The van der Waals surface area contributed by atoms with Crippen molar-refractivity contribution < 1.29 is 9.47 Å². The van der Waals surface area contributed by atoms with Crippen LogP contribution in [0.25, 0.3) is 10.8 Å². The fourth-order valence-corrected chi connectivity index (χ4v) is 1.56. The van der Waals surface area contributed by atoms with Gasteiger partial charge in [-0.25, -0.2) is 0 Å². The van der Waals surface area contributed by atoms with Gasteiger partial charge in [0.2, 0.25) is 6.79 Å². The molecule has 0 saturated heterocycles. The maximum absolute atomic E-state index is 5.36. The Balaban J connectivity index is 2.43. The van der Waals surface area contributed by atoms with E-state index in [0.29, 0.717) is 6.79 Å². The minimum Gasteiger partial charge on any atom is -0.453 e. The molecule has 1 radical (unpaired) electrons. The Morgan fingerprint density at radius 3 is 3.08 bits per heavy atom. The lowest BCUT2D eigenvalue weighted by molar-refractivity contribution is 0.174. The molecule has 3 rings (SSSR count). The van der Waals surface area contributed by atoms with E-state index >= 15 is 0 Å². The molecule has 0 spiro atoms. The minimum atomic E-state index is 0.305. The van der Waals surface area contributed by atoms with E-state index in [0.717, 1.165) is 22.3 Å². The first-order chi connectivity index (χ1) is 6.45. The summed E-state index contributed by atoms with van der Waals surface area (Å²) >= 11 is 0. The van der Waals surface area contributed by atoms with E-state index in [9.17, 15) is 0 Å². The van der Waals surface area contributed by atoms with Crippen molar-refractivity contribution in [3.63, 3.8) is 0 Å². The third-order valence-electron chi connectivity index (χ3n) is 2.18. The first kappa shape index (κ1) is 6.78. The van der Waals surface area contributed by atoms with Crippen molar-refractivity contribution >= 4 is 10.8 Å². The smallest absolute Gasteiger partial charge is 0.231 e. The van der Waals surface area contributed by atoms with Gasteiger partial charge in [-0.05, 0) is 11.5 Å². The maximum atomic E-state index is 5.36. The van der Waals surface area contributed by atoms with Crippen molar-refractivity contribution in [2.24, 2.45) is 0 Å². The van der Waals surface area contributed by atoms with Gasteiger partial charge in [0.1, 0.15) is 0 Å². The van der Waals surface area contributed by atoms with Crippen molar-refractivity contribution in [2.45, 2.75) is 0 Å². The lowest BCUT2D eigenvalue weighted by atomic mass is 10.1. The van der Waals surface area contributed by atoms with Crippen molar-refractivity contribution in [2.75, 3.05) is 6.79 Å². The van der Waals surface area contributed by atoms with Crippen LogP contribution in [0.15, 0.2) is 30.3 Å². The van der Waals surface area contributed by atoms with Crippen LogP contribution in [0, 0.1) is 6.07 Å². The monoisotopic (exact) mass is 171 g/mol. The summed E-state index contributed by atoms with van der Waals surface area (Å²) in [5.74, 6) is 1.54. The Labute approximate surface area is 75.7 Å². The van der Waals surface area contributed by atoms with Crippen LogP contribution in [0.1, 0.15) is 0 Å². The summed E-state index contributed by atoms with van der Waals surface area (Å²) in [5, 5.41) is 2.22. The predicted octanol–water partition coefficient (Wildman–Crippen LogP) is 2.37. The van der Waals surface area contributed by atoms with Crippen molar-refractivity contribution in [3.05, 3.63) is 36.4 Å². The Morgan fingerprint density at radius 1 is 1.15 bits per heavy atom. The summed E-state index contributed by atoms with van der Waals surface area (Å²) in [4.78, 5) is 0. The quantitative estimate of drug-likeness (QED) is 0.605. The molecule has 1 aliphatic rings. The minimum absolute atomic E-state index is 0.305. The molecule has 0 aromatic heterocycles. The van der Waals surface area contributed by atoms with Crippen LogP contribution in [0.5, 0.6) is 11.5 Å². The van der Waals surface area contributed by atoms with Crippen LogP contribution < -0.4 is 9.47 Å². The second kappa shape index (κ2) is 2.39. The summed E-state index contributed by atoms with van der Waals surface area (Å²) in [7, 11) is 0. The zero-order chi connectivity index (χ0) is 8.67. The van der Waals surface area contributed by atoms with Gasteiger partial charge in [0.05, 0.1) is 0 Å². The molecule has 2 heteroatoms. The van der Waals surface area contributed by atoms with Crippen molar-refractivity contribution in [3.8, 4) is 11.5 Å². The van der Waals surface area contributed by atoms with Crippen molar-refractivity contribution in [1.29, 1.82) is 0 Å². The zero-order valence-corrected chi connectivity index (χ0v) is 6.91. The average Bonchev–Trinajstić information content (AvgIpc) is 2.65. The fraction of sp³-hybridized carbons (Fsp3) is 0.0909. The van der Waals surface area contributed by atoms with E-state index in [2.05, 4.69) is 6.07 Å². The summed E-state index contributed by atoms with van der Waals surface area (Å²) in [6, 6.07) is 13.0. The molecule has 0 amide bonds. The second-order valence-electron chi connectivity index (χ2n) is 2.94. The van der Waals surface area contributed by atoms with Gasteiger partial charge in [0, 0.05) is 11.5 Å². The Kier molecular flexibility index (Phi) is 1.25. The van der Waals surface area contributed by atoms with E-state index in [-0.39, 0.29) is 0 Å². The molecule has 0 saturated carbocycles. The van der Waals surface area contributed by atoms with Crippen LogP contribution in [0.3, 0.4) is 0 Å². The molecule has 63 valence electrons. The molecule has 13 heavy (non-hydrogen) atoms. The van der Waals surface area contributed by atoms with Crippen LogP contribution >= 0.6 is 0 Å². The lowest BCUT2D eigenvalue weighted by Gasteiger charge is -2.00. The molecule has 1 aliphatic heterocycles. The highest BCUT2D eigenvalue weighted by atomic mass is 16.7. The molecule has 2 aromatic rings. The summed E-state index contributed by atoms with van der Waals surface area (Å²) < 4.78 is 10.6. The summed E-state index contributed by atoms with van der Waals surface area (Å²) in [6.07, 6.45) is 0. The number of hydrogen-bond donors (Lipinski definition) is 0. The standard InChI is InChI=1S/C11H7O2/c1-2-4-9-8(3-1)5-6-10-11(9)13-7-12-10/h1-5H,7H2. The molecule has 0 unspecified atom stereocenters. The molecule has 0 N–H and O–H groups in total. The van der Waals surface area contributed by atoms with Gasteiger partial charge in [0.25, 0.3) is 0 Å². The topological polar surface area (TPSA) is 18.5 Å². The fourth-order valence-electron chi connectivity index (χ4n) is 1.56. The lowest BCUT2D eigenvalue weighted by Crippen LogP contribution is -1.93. The highest BCUT2D eigenvalue weighted by molar-refractivity contribution is 5.90. The van der Waals surface area contributed by atoms with Crippen LogP contribution in [0.4, 0.5) is 0 Å². The molecule has 2 aromatic carbocycles. The van der Waals surface area contributed by atoms with E-state index < -0.39 is 0 Å². The molecule has 0 bridgehead atoms. The maximum Gasteiger partial charge on any atom is 0.231 e. The molecular formula is C11H7O2. The number of rotatable bonds is 0. The van der Waals surface area contributed by atoms with Gasteiger partial charge in [-0.15, -0.1) is 0 Å². The average molecular weight is 171 g/mol. The second-order valence-corrected chi connectivity index (χ2v) is 2.94. The van der Waals surface area contributed by atoms with E-state index in [1.165, 1.54) is 0 Å². The molecule has 0 fully saturated rings. The molecular weight excluding hydrogens is 164 g/mol. The largest absolute Gasteiger partial charge is 0.453 e. The van der Waals surface area contributed by atoms with Gasteiger partial charge in [-0.3, -0.25) is 0 Å². The summed E-state index contributed by atoms with van der Waals surface area (Å²) in [6.45, 7) is 0.305. The third kappa shape index (κ3) is 0.886. The highest BCUT2D eigenvalue weighted by Gasteiger charge is 2.15. The van der Waals surface area contributed by atoms with Crippen LogP contribution in [-0.4, -0.2) is 6.79 Å². The summed E-state index contributed by atoms with van der Waals surface area (Å²) in [5.41, 5.74) is 0. The normalized spacial score (nSPS) is 13.5. The van der Waals surface area contributed by atoms with Gasteiger partial charge < -0.3 is 9.47 Å². The predicted molar refractivity (Wildman–Crippen MR) is 48.9 cm³/mol. The van der Waals surface area contributed by atoms with Gasteiger partial charge in [-0.2, -0.15) is 0 Å². The molecule has 0 aliphatic carbocycles. The van der Waals surface area contributed by atoms with Crippen molar-refractivity contribution in [1.82, 2.24) is 0 Å². The molecule has 2 nitrogen and oxygen atoms in total. The SMILES string of the molecule is [c]1cc2ccccc2c2c1OCO2. The number of fused-ring (bicyclic) bond motifs is 3. The molecule has 0 atom stereocenters. The first-order valence-corrected chi connectivity index (χ1v) is 4.14. The van der Waals surface area contributed by atoms with Crippen LogP contribution in [0.2, 0.25) is 0 Å².